The van der Waals surface area contributed by atoms with Crippen molar-refractivity contribution >= 4 is 29.2 Å². The standard InChI is InChI=1S/C15H16ClNO4/c1-7-2-3-8(6-9(7)16)17-14(18)12-10-4-5-11(21-10)13(12)15(19)20/h2-3,6,10-13H,4-5H2,1H3,(H,17,18)(H,19,20)/t10-,11-,12+,13-/m1/s1. The molecule has 2 N–H and O–H groups in total. The number of amides is 1. The molecule has 3 rings (SSSR count). The van der Waals surface area contributed by atoms with Crippen LogP contribution in [0.25, 0.3) is 0 Å². The Morgan fingerprint density at radius 2 is 1.95 bits per heavy atom. The van der Waals surface area contributed by atoms with Gasteiger partial charge in [-0.2, -0.15) is 0 Å². The molecule has 1 aromatic rings. The molecule has 5 nitrogen and oxygen atoms in total. The predicted molar refractivity (Wildman–Crippen MR) is 77.3 cm³/mol. The molecule has 1 aromatic carbocycles. The van der Waals surface area contributed by atoms with E-state index in [1.54, 1.807) is 12.1 Å². The first-order valence-corrected chi connectivity index (χ1v) is 7.30. The van der Waals surface area contributed by atoms with Crippen molar-refractivity contribution in [1.29, 1.82) is 0 Å². The van der Waals surface area contributed by atoms with Gasteiger partial charge < -0.3 is 15.2 Å². The molecule has 0 radical (unpaired) electrons. The number of aliphatic carboxylic acids is 1. The lowest BCUT2D eigenvalue weighted by atomic mass is 9.78. The second kappa shape index (κ2) is 5.31. The third kappa shape index (κ3) is 2.51. The summed E-state index contributed by atoms with van der Waals surface area (Å²) in [6, 6.07) is 5.23. The second-order valence-electron chi connectivity index (χ2n) is 5.63. The average Bonchev–Trinajstić information content (AvgIpc) is 3.03. The number of halogens is 1. The molecule has 21 heavy (non-hydrogen) atoms. The fourth-order valence-corrected chi connectivity index (χ4v) is 3.40. The molecule has 0 spiro atoms. The molecule has 6 heteroatoms. The third-order valence-electron chi connectivity index (χ3n) is 4.30. The summed E-state index contributed by atoms with van der Waals surface area (Å²) < 4.78 is 5.59. The maximum Gasteiger partial charge on any atom is 0.310 e. The van der Waals surface area contributed by atoms with Crippen molar-refractivity contribution in [3.8, 4) is 0 Å². The molecule has 2 heterocycles. The van der Waals surface area contributed by atoms with Crippen LogP contribution in [0, 0.1) is 18.8 Å². The van der Waals surface area contributed by atoms with Gasteiger partial charge in [0.1, 0.15) is 0 Å². The first-order chi connectivity index (χ1) is 9.97. The number of carbonyl (C=O) groups is 2. The molecule has 0 saturated carbocycles. The zero-order chi connectivity index (χ0) is 15.1. The number of anilines is 1. The second-order valence-corrected chi connectivity index (χ2v) is 6.04. The third-order valence-corrected chi connectivity index (χ3v) is 4.71. The zero-order valence-electron chi connectivity index (χ0n) is 11.5. The summed E-state index contributed by atoms with van der Waals surface area (Å²) in [5.74, 6) is -2.68. The van der Waals surface area contributed by atoms with Gasteiger partial charge in [-0.15, -0.1) is 0 Å². The van der Waals surface area contributed by atoms with Crippen molar-refractivity contribution in [3.05, 3.63) is 28.8 Å². The van der Waals surface area contributed by atoms with Crippen molar-refractivity contribution in [2.75, 3.05) is 5.32 Å². The number of carbonyl (C=O) groups excluding carboxylic acids is 1. The van der Waals surface area contributed by atoms with E-state index in [1.165, 1.54) is 0 Å². The molecule has 2 aliphatic heterocycles. The number of ether oxygens (including phenoxy) is 1. The number of benzene rings is 1. The van der Waals surface area contributed by atoms with Crippen molar-refractivity contribution in [3.63, 3.8) is 0 Å². The maximum atomic E-state index is 12.4. The van der Waals surface area contributed by atoms with Gasteiger partial charge in [-0.05, 0) is 37.5 Å². The molecule has 1 amide bonds. The number of carboxylic acid groups (broad SMARTS) is 1. The van der Waals surface area contributed by atoms with Crippen LogP contribution in [0.5, 0.6) is 0 Å². The van der Waals surface area contributed by atoms with Crippen LogP contribution in [0.15, 0.2) is 18.2 Å². The highest BCUT2D eigenvalue weighted by Crippen LogP contribution is 2.44. The summed E-state index contributed by atoms with van der Waals surface area (Å²) in [5.41, 5.74) is 1.49. The number of hydrogen-bond donors (Lipinski definition) is 2. The SMILES string of the molecule is Cc1ccc(NC(=O)[C@@H]2[C@H](C(=O)O)[C@H]3CC[C@H]2O3)cc1Cl. The van der Waals surface area contributed by atoms with E-state index in [0.717, 1.165) is 12.0 Å². The number of fused-ring (bicyclic) bond motifs is 2. The van der Waals surface area contributed by atoms with Crippen molar-refractivity contribution in [1.82, 2.24) is 0 Å². The quantitative estimate of drug-likeness (QED) is 0.899. The minimum Gasteiger partial charge on any atom is -0.481 e. The monoisotopic (exact) mass is 309 g/mol. The van der Waals surface area contributed by atoms with Crippen molar-refractivity contribution in [2.45, 2.75) is 32.0 Å². The van der Waals surface area contributed by atoms with Crippen LogP contribution in [-0.2, 0) is 14.3 Å². The molecule has 0 unspecified atom stereocenters. The van der Waals surface area contributed by atoms with Gasteiger partial charge in [0.25, 0.3) is 0 Å². The largest absolute Gasteiger partial charge is 0.481 e. The Balaban J connectivity index is 1.78. The van der Waals surface area contributed by atoms with Crippen LogP contribution in [0.2, 0.25) is 5.02 Å². The first kappa shape index (κ1) is 14.4. The Bertz CT molecular complexity index is 603. The summed E-state index contributed by atoms with van der Waals surface area (Å²) in [7, 11) is 0. The van der Waals surface area contributed by atoms with Crippen LogP contribution in [-0.4, -0.2) is 29.2 Å². The number of hydrogen-bond acceptors (Lipinski definition) is 3. The minimum atomic E-state index is -0.968. The lowest BCUT2D eigenvalue weighted by Crippen LogP contribution is -2.40. The van der Waals surface area contributed by atoms with Gasteiger partial charge in [0.15, 0.2) is 0 Å². The summed E-state index contributed by atoms with van der Waals surface area (Å²) in [5, 5.41) is 12.6. The summed E-state index contributed by atoms with van der Waals surface area (Å²) >= 11 is 6.03. The number of nitrogens with one attached hydrogen (secondary N) is 1. The Labute approximate surface area is 127 Å². The first-order valence-electron chi connectivity index (χ1n) is 6.92. The molecule has 2 fully saturated rings. The van der Waals surface area contributed by atoms with E-state index in [2.05, 4.69) is 5.32 Å². The smallest absolute Gasteiger partial charge is 0.310 e. The van der Waals surface area contributed by atoms with E-state index >= 15 is 0 Å². The van der Waals surface area contributed by atoms with E-state index in [4.69, 9.17) is 16.3 Å². The summed E-state index contributed by atoms with van der Waals surface area (Å²) in [6.07, 6.45) is 0.810. The van der Waals surface area contributed by atoms with E-state index in [9.17, 15) is 14.7 Å². The molecule has 2 aliphatic rings. The zero-order valence-corrected chi connectivity index (χ0v) is 12.3. The fraction of sp³-hybridized carbons (Fsp3) is 0.467. The van der Waals surface area contributed by atoms with Gasteiger partial charge in [-0.3, -0.25) is 9.59 Å². The van der Waals surface area contributed by atoms with Crippen LogP contribution < -0.4 is 5.32 Å². The summed E-state index contributed by atoms with van der Waals surface area (Å²) in [4.78, 5) is 23.8. The molecule has 112 valence electrons. The Morgan fingerprint density at radius 1 is 1.29 bits per heavy atom. The van der Waals surface area contributed by atoms with Crippen molar-refractivity contribution in [2.24, 2.45) is 11.8 Å². The van der Waals surface area contributed by atoms with E-state index in [-0.39, 0.29) is 18.1 Å². The Kier molecular flexibility index (Phi) is 3.63. The molecule has 0 aromatic heterocycles. The van der Waals surface area contributed by atoms with Crippen LogP contribution in [0.4, 0.5) is 5.69 Å². The van der Waals surface area contributed by atoms with Gasteiger partial charge in [-0.25, -0.2) is 0 Å². The number of rotatable bonds is 3. The Morgan fingerprint density at radius 3 is 2.57 bits per heavy atom. The molecular formula is C15H16ClNO4. The van der Waals surface area contributed by atoms with Crippen LogP contribution in [0.3, 0.4) is 0 Å². The minimum absolute atomic E-state index is 0.294. The highest BCUT2D eigenvalue weighted by atomic mass is 35.5. The highest BCUT2D eigenvalue weighted by molar-refractivity contribution is 6.31. The van der Waals surface area contributed by atoms with E-state index in [0.29, 0.717) is 17.1 Å². The molecule has 2 saturated heterocycles. The Hall–Kier alpha value is -1.59. The van der Waals surface area contributed by atoms with E-state index < -0.39 is 17.8 Å². The topological polar surface area (TPSA) is 75.6 Å². The van der Waals surface area contributed by atoms with Gasteiger partial charge >= 0.3 is 5.97 Å². The van der Waals surface area contributed by atoms with Crippen molar-refractivity contribution < 1.29 is 19.4 Å². The lowest BCUT2D eigenvalue weighted by Gasteiger charge is -2.23. The van der Waals surface area contributed by atoms with Gasteiger partial charge in [0.2, 0.25) is 5.91 Å². The van der Waals surface area contributed by atoms with Crippen LogP contribution >= 0.6 is 11.6 Å². The number of aryl methyl sites for hydroxylation is 1. The molecule has 4 atom stereocenters. The average molecular weight is 310 g/mol. The van der Waals surface area contributed by atoms with Gasteiger partial charge in [0.05, 0.1) is 24.0 Å². The molecule has 2 bridgehead atoms. The van der Waals surface area contributed by atoms with E-state index in [1.807, 2.05) is 13.0 Å². The lowest BCUT2D eigenvalue weighted by molar-refractivity contribution is -0.147. The normalized spacial score (nSPS) is 30.4. The fourth-order valence-electron chi connectivity index (χ4n) is 3.22. The van der Waals surface area contributed by atoms with Gasteiger partial charge in [-0.1, -0.05) is 17.7 Å². The van der Waals surface area contributed by atoms with Crippen LogP contribution in [0.1, 0.15) is 18.4 Å². The summed E-state index contributed by atoms with van der Waals surface area (Å²) in [6.45, 7) is 1.87. The molecular weight excluding hydrogens is 294 g/mol. The number of carboxylic acids is 1. The predicted octanol–water partition coefficient (Wildman–Crippen LogP) is 2.47. The van der Waals surface area contributed by atoms with Gasteiger partial charge in [0, 0.05) is 10.7 Å². The maximum absolute atomic E-state index is 12.4. The highest BCUT2D eigenvalue weighted by Gasteiger charge is 2.55. The molecule has 0 aliphatic carbocycles.